The molecule has 0 aliphatic carbocycles. The number of aliphatic hydroxyl groups excluding tert-OH is 1. The molecule has 166 valence electrons. The Kier molecular flexibility index (Phi) is 6.61. The lowest BCUT2D eigenvalue weighted by Crippen LogP contribution is -2.47. The third-order valence-electron chi connectivity index (χ3n) is 6.06. The van der Waals surface area contributed by atoms with Gasteiger partial charge < -0.3 is 26.0 Å². The van der Waals surface area contributed by atoms with E-state index in [2.05, 4.69) is 46.3 Å². The number of aliphatic hydroxyl groups is 1. The highest BCUT2D eigenvalue weighted by atomic mass is 16.3. The van der Waals surface area contributed by atoms with Crippen molar-refractivity contribution < 1.29 is 9.90 Å². The van der Waals surface area contributed by atoms with Crippen LogP contribution in [0.5, 0.6) is 0 Å². The molecule has 4 rings (SSSR count). The lowest BCUT2D eigenvalue weighted by molar-refractivity contribution is 0.0916. The molecule has 0 unspecified atom stereocenters. The molecule has 0 bridgehead atoms. The topological polar surface area (TPSA) is 81.8 Å². The Balaban J connectivity index is 1.41. The summed E-state index contributed by atoms with van der Waals surface area (Å²) in [5.74, 6) is -0.254. The van der Waals surface area contributed by atoms with Gasteiger partial charge in [-0.2, -0.15) is 0 Å². The monoisotopic (exact) mass is 430 g/mol. The number of nitrogen functional groups attached to an aromatic ring is 1. The quantitative estimate of drug-likeness (QED) is 0.523. The van der Waals surface area contributed by atoms with Crippen LogP contribution in [0, 0.1) is 6.92 Å². The van der Waals surface area contributed by atoms with E-state index in [0.29, 0.717) is 11.3 Å². The van der Waals surface area contributed by atoms with Gasteiger partial charge in [0.2, 0.25) is 0 Å². The molecule has 0 saturated carbocycles. The van der Waals surface area contributed by atoms with Gasteiger partial charge in [0.1, 0.15) is 0 Å². The van der Waals surface area contributed by atoms with Crippen molar-refractivity contribution in [1.29, 1.82) is 0 Å². The van der Waals surface area contributed by atoms with Crippen molar-refractivity contribution in [2.45, 2.75) is 13.0 Å². The van der Waals surface area contributed by atoms with Gasteiger partial charge >= 0.3 is 0 Å². The number of piperazine rings is 1. The predicted molar refractivity (Wildman–Crippen MR) is 130 cm³/mol. The summed E-state index contributed by atoms with van der Waals surface area (Å²) < 4.78 is 0. The predicted octanol–water partition coefficient (Wildman–Crippen LogP) is 3.37. The number of rotatable bonds is 6. The number of amides is 1. The van der Waals surface area contributed by atoms with Gasteiger partial charge in [0.15, 0.2) is 0 Å². The number of benzene rings is 3. The van der Waals surface area contributed by atoms with Gasteiger partial charge in [-0.1, -0.05) is 48.5 Å². The molecule has 1 heterocycles. The van der Waals surface area contributed by atoms with Crippen LogP contribution in [0.2, 0.25) is 0 Å². The van der Waals surface area contributed by atoms with Crippen LogP contribution >= 0.6 is 0 Å². The second-order valence-corrected chi connectivity index (χ2v) is 8.15. The largest absolute Gasteiger partial charge is 0.397 e. The fourth-order valence-corrected chi connectivity index (χ4v) is 4.25. The zero-order chi connectivity index (χ0) is 22.5. The Labute approximate surface area is 189 Å². The van der Waals surface area contributed by atoms with Crippen molar-refractivity contribution in [3.63, 3.8) is 0 Å². The molecular weight excluding hydrogens is 400 g/mol. The second-order valence-electron chi connectivity index (χ2n) is 8.15. The molecule has 0 aromatic heterocycles. The number of para-hydroxylation sites is 1. The van der Waals surface area contributed by atoms with E-state index in [4.69, 9.17) is 5.73 Å². The molecule has 0 radical (unpaired) electrons. The van der Waals surface area contributed by atoms with E-state index in [9.17, 15) is 9.90 Å². The van der Waals surface area contributed by atoms with Crippen molar-refractivity contribution >= 4 is 23.0 Å². The number of hydrogen-bond donors (Lipinski definition) is 3. The average molecular weight is 431 g/mol. The molecule has 6 heteroatoms. The molecule has 3 aromatic carbocycles. The first-order valence-corrected chi connectivity index (χ1v) is 11.0. The lowest BCUT2D eigenvalue weighted by atomic mass is 10.1. The van der Waals surface area contributed by atoms with Crippen molar-refractivity contribution in [1.82, 2.24) is 5.32 Å². The molecule has 1 aliphatic heterocycles. The molecule has 1 aliphatic rings. The normalized spacial score (nSPS) is 14.8. The van der Waals surface area contributed by atoms with E-state index in [1.807, 2.05) is 36.4 Å². The maximum atomic E-state index is 12.8. The smallest absolute Gasteiger partial charge is 0.251 e. The fraction of sp³-hybridized carbons (Fsp3) is 0.269. The van der Waals surface area contributed by atoms with Crippen LogP contribution in [0.3, 0.4) is 0 Å². The van der Waals surface area contributed by atoms with Crippen LogP contribution in [0.25, 0.3) is 0 Å². The Bertz CT molecular complexity index is 1060. The van der Waals surface area contributed by atoms with E-state index in [-0.39, 0.29) is 12.5 Å². The minimum atomic E-state index is -0.459. The summed E-state index contributed by atoms with van der Waals surface area (Å²) in [5.41, 5.74) is 11.8. The summed E-state index contributed by atoms with van der Waals surface area (Å²) in [5, 5.41) is 12.6. The van der Waals surface area contributed by atoms with Gasteiger partial charge in [-0.3, -0.25) is 4.79 Å². The number of nitrogens with two attached hydrogens (primary N) is 1. The lowest BCUT2D eigenvalue weighted by Gasteiger charge is -2.38. The molecule has 4 N–H and O–H groups in total. The van der Waals surface area contributed by atoms with E-state index in [0.717, 1.165) is 37.4 Å². The molecule has 6 nitrogen and oxygen atoms in total. The highest BCUT2D eigenvalue weighted by molar-refractivity contribution is 5.96. The molecule has 1 atom stereocenters. The third-order valence-corrected chi connectivity index (χ3v) is 6.06. The maximum absolute atomic E-state index is 12.8. The van der Waals surface area contributed by atoms with Crippen LogP contribution in [-0.2, 0) is 0 Å². The number of anilines is 3. The highest BCUT2D eigenvalue weighted by Gasteiger charge is 2.21. The third kappa shape index (κ3) is 4.70. The Morgan fingerprint density at radius 2 is 1.56 bits per heavy atom. The summed E-state index contributed by atoms with van der Waals surface area (Å²) in [6.45, 7) is 5.54. The summed E-state index contributed by atoms with van der Waals surface area (Å²) in [4.78, 5) is 17.4. The number of carbonyl (C=O) groups excluding carboxylic acids is 1. The van der Waals surface area contributed by atoms with Crippen molar-refractivity contribution in [2.24, 2.45) is 0 Å². The molecule has 3 aromatic rings. The molecular formula is C26H30N4O2. The first-order chi connectivity index (χ1) is 15.6. The highest BCUT2D eigenvalue weighted by Crippen LogP contribution is 2.28. The van der Waals surface area contributed by atoms with Crippen LogP contribution in [-0.4, -0.2) is 43.8 Å². The van der Waals surface area contributed by atoms with Gasteiger partial charge in [0.25, 0.3) is 5.91 Å². The summed E-state index contributed by atoms with van der Waals surface area (Å²) in [6, 6.07) is 22.9. The van der Waals surface area contributed by atoms with Crippen LogP contribution in [0.1, 0.15) is 27.5 Å². The van der Waals surface area contributed by atoms with E-state index in [1.165, 1.54) is 11.3 Å². The molecule has 1 saturated heterocycles. The van der Waals surface area contributed by atoms with E-state index >= 15 is 0 Å². The summed E-state index contributed by atoms with van der Waals surface area (Å²) >= 11 is 0. The van der Waals surface area contributed by atoms with Gasteiger partial charge in [0, 0.05) is 37.4 Å². The van der Waals surface area contributed by atoms with Crippen LogP contribution in [0.15, 0.2) is 72.8 Å². The minimum absolute atomic E-state index is 0.172. The zero-order valence-corrected chi connectivity index (χ0v) is 18.4. The number of hydrogen-bond acceptors (Lipinski definition) is 5. The maximum Gasteiger partial charge on any atom is 0.251 e. The van der Waals surface area contributed by atoms with E-state index < -0.39 is 6.04 Å². The first-order valence-electron chi connectivity index (χ1n) is 11.0. The Hall–Kier alpha value is -3.51. The second kappa shape index (κ2) is 9.75. The first kappa shape index (κ1) is 21.7. The van der Waals surface area contributed by atoms with Gasteiger partial charge in [-0.25, -0.2) is 0 Å². The number of aryl methyl sites for hydroxylation is 1. The average Bonchev–Trinajstić information content (AvgIpc) is 2.83. The Morgan fingerprint density at radius 3 is 2.19 bits per heavy atom. The molecule has 0 spiro atoms. The fourth-order valence-electron chi connectivity index (χ4n) is 4.25. The van der Waals surface area contributed by atoms with Gasteiger partial charge in [0.05, 0.1) is 24.0 Å². The zero-order valence-electron chi connectivity index (χ0n) is 18.4. The van der Waals surface area contributed by atoms with Gasteiger partial charge in [-0.05, 0) is 42.3 Å². The standard InChI is InChI=1S/C26H30N4O2/c1-19-7-5-6-10-24(19)29-13-15-30(16-14-29)25-12-11-21(17-22(25)27)26(32)28-23(18-31)20-8-3-2-4-9-20/h2-12,17,23,31H,13-16,18,27H2,1H3,(H,28,32)/t23-/m1/s1. The molecule has 1 amide bonds. The number of carbonyl (C=O) groups is 1. The Morgan fingerprint density at radius 1 is 0.938 bits per heavy atom. The van der Waals surface area contributed by atoms with Crippen LogP contribution in [0.4, 0.5) is 17.1 Å². The van der Waals surface area contributed by atoms with E-state index in [1.54, 1.807) is 12.1 Å². The number of nitrogens with zero attached hydrogens (tertiary/aromatic N) is 2. The summed E-state index contributed by atoms with van der Waals surface area (Å²) in [7, 11) is 0. The molecule has 32 heavy (non-hydrogen) atoms. The van der Waals surface area contributed by atoms with Crippen molar-refractivity contribution in [3.05, 3.63) is 89.5 Å². The molecule has 1 fully saturated rings. The minimum Gasteiger partial charge on any atom is -0.397 e. The van der Waals surface area contributed by atoms with Crippen LogP contribution < -0.4 is 20.9 Å². The van der Waals surface area contributed by atoms with Gasteiger partial charge in [-0.15, -0.1) is 0 Å². The van der Waals surface area contributed by atoms with Crippen molar-refractivity contribution in [3.8, 4) is 0 Å². The number of nitrogens with one attached hydrogen (secondary N) is 1. The van der Waals surface area contributed by atoms with Crippen molar-refractivity contribution in [2.75, 3.05) is 48.3 Å². The summed E-state index contributed by atoms with van der Waals surface area (Å²) in [6.07, 6.45) is 0. The SMILES string of the molecule is Cc1ccccc1N1CCN(c2ccc(C(=O)N[C@H](CO)c3ccccc3)cc2N)CC1.